The number of nitrogens with zero attached hydrogens (tertiary/aromatic N) is 4. The van der Waals surface area contributed by atoms with E-state index in [0.717, 1.165) is 5.82 Å². The molecule has 0 radical (unpaired) electrons. The molecule has 2 heterocycles. The predicted molar refractivity (Wildman–Crippen MR) is 57.6 cm³/mol. The van der Waals surface area contributed by atoms with Crippen LogP contribution < -0.4 is 0 Å². The van der Waals surface area contributed by atoms with Crippen LogP contribution in [-0.2, 0) is 0 Å². The smallest absolute Gasteiger partial charge is 0.198 e. The van der Waals surface area contributed by atoms with Crippen molar-refractivity contribution in [2.75, 3.05) is 0 Å². The Morgan fingerprint density at radius 1 is 1.43 bits per heavy atom. The molecule has 0 unspecified atom stereocenters. The van der Waals surface area contributed by atoms with Gasteiger partial charge in [0, 0.05) is 12.1 Å². The van der Waals surface area contributed by atoms with Gasteiger partial charge in [0.2, 0.25) is 0 Å². The Labute approximate surface area is 94.4 Å². The van der Waals surface area contributed by atoms with Crippen LogP contribution >= 0.6 is 27.5 Å². The van der Waals surface area contributed by atoms with Crippen molar-refractivity contribution in [2.45, 2.75) is 19.8 Å². The van der Waals surface area contributed by atoms with Gasteiger partial charge < -0.3 is 0 Å². The van der Waals surface area contributed by atoms with Gasteiger partial charge in [-0.1, -0.05) is 25.4 Å². The zero-order valence-electron chi connectivity index (χ0n) is 7.70. The number of hydrogen-bond acceptors (Lipinski definition) is 3. The quantitative estimate of drug-likeness (QED) is 0.803. The summed E-state index contributed by atoms with van der Waals surface area (Å²) in [4.78, 5) is 4.03. The van der Waals surface area contributed by atoms with E-state index in [2.05, 4.69) is 45.0 Å². The highest BCUT2D eigenvalue weighted by Crippen LogP contribution is 2.20. The lowest BCUT2D eigenvalue weighted by Gasteiger charge is -2.02. The predicted octanol–water partition coefficient (Wildman–Crippen LogP) is 2.66. The average molecular weight is 276 g/mol. The summed E-state index contributed by atoms with van der Waals surface area (Å²) in [5, 5.41) is 8.40. The van der Waals surface area contributed by atoms with Crippen LogP contribution in [-0.4, -0.2) is 19.6 Å². The monoisotopic (exact) mass is 274 g/mol. The summed E-state index contributed by atoms with van der Waals surface area (Å²) in [6, 6.07) is 0. The third-order valence-corrected chi connectivity index (χ3v) is 2.50. The second-order valence-electron chi connectivity index (χ2n) is 3.26. The highest BCUT2D eigenvalue weighted by molar-refractivity contribution is 9.10. The molecule has 0 saturated carbocycles. The standard InChI is InChI=1S/C8H8BrClN4/c1-4(2)7-12-13-8-6(10)11-5(9)3-14(7)8/h3-4H,1-2H3. The van der Waals surface area contributed by atoms with Crippen LogP contribution in [0.5, 0.6) is 0 Å². The number of rotatable bonds is 1. The van der Waals surface area contributed by atoms with Gasteiger partial charge in [-0.05, 0) is 15.9 Å². The lowest BCUT2D eigenvalue weighted by Crippen LogP contribution is -1.98. The number of aromatic nitrogens is 4. The Bertz CT molecular complexity index is 479. The highest BCUT2D eigenvalue weighted by Gasteiger charge is 2.12. The van der Waals surface area contributed by atoms with E-state index in [1.54, 1.807) is 0 Å². The van der Waals surface area contributed by atoms with Gasteiger partial charge in [0.1, 0.15) is 10.4 Å². The second-order valence-corrected chi connectivity index (χ2v) is 4.43. The Kier molecular flexibility index (Phi) is 2.45. The van der Waals surface area contributed by atoms with Crippen LogP contribution in [0, 0.1) is 0 Å². The molecule has 0 N–H and O–H groups in total. The van der Waals surface area contributed by atoms with Gasteiger partial charge in [-0.15, -0.1) is 10.2 Å². The molecule has 0 saturated heterocycles. The average Bonchev–Trinajstić information content (AvgIpc) is 2.47. The Hall–Kier alpha value is -0.680. The molecule has 0 spiro atoms. The van der Waals surface area contributed by atoms with Crippen LogP contribution in [0.1, 0.15) is 25.6 Å². The van der Waals surface area contributed by atoms with Crippen LogP contribution in [0.4, 0.5) is 0 Å². The SMILES string of the molecule is CC(C)c1nnc2c(Cl)nc(Br)cn12. The van der Waals surface area contributed by atoms with E-state index in [9.17, 15) is 0 Å². The van der Waals surface area contributed by atoms with Crippen LogP contribution in [0.2, 0.25) is 5.15 Å². The first kappa shape index (κ1) is 9.86. The van der Waals surface area contributed by atoms with Crippen molar-refractivity contribution >= 4 is 33.2 Å². The van der Waals surface area contributed by atoms with Crippen molar-refractivity contribution < 1.29 is 0 Å². The van der Waals surface area contributed by atoms with E-state index in [-0.39, 0.29) is 0 Å². The Morgan fingerprint density at radius 3 is 2.79 bits per heavy atom. The molecule has 0 atom stereocenters. The molecule has 4 nitrogen and oxygen atoms in total. The lowest BCUT2D eigenvalue weighted by molar-refractivity contribution is 0.757. The fourth-order valence-electron chi connectivity index (χ4n) is 1.24. The van der Waals surface area contributed by atoms with E-state index >= 15 is 0 Å². The highest BCUT2D eigenvalue weighted by atomic mass is 79.9. The molecule has 0 bridgehead atoms. The molecule has 0 amide bonds. The van der Waals surface area contributed by atoms with Gasteiger partial charge in [0.25, 0.3) is 0 Å². The summed E-state index contributed by atoms with van der Waals surface area (Å²) in [7, 11) is 0. The minimum Gasteiger partial charge on any atom is -0.281 e. The molecule has 0 aliphatic rings. The number of halogens is 2. The van der Waals surface area contributed by atoms with Gasteiger partial charge in [0.15, 0.2) is 10.8 Å². The fourth-order valence-corrected chi connectivity index (χ4v) is 1.95. The first-order valence-electron chi connectivity index (χ1n) is 4.16. The summed E-state index contributed by atoms with van der Waals surface area (Å²) >= 11 is 9.20. The van der Waals surface area contributed by atoms with Crippen molar-refractivity contribution in [2.24, 2.45) is 0 Å². The van der Waals surface area contributed by atoms with Crippen LogP contribution in [0.3, 0.4) is 0 Å². The summed E-state index contributed by atoms with van der Waals surface area (Å²) < 4.78 is 2.53. The molecule has 2 aromatic rings. The maximum absolute atomic E-state index is 5.92. The molecule has 2 rings (SSSR count). The topological polar surface area (TPSA) is 43.1 Å². The molecule has 74 valence electrons. The summed E-state index contributed by atoms with van der Waals surface area (Å²) in [6.07, 6.45) is 1.82. The van der Waals surface area contributed by atoms with Gasteiger partial charge in [-0.3, -0.25) is 4.40 Å². The van der Waals surface area contributed by atoms with E-state index in [1.165, 1.54) is 0 Å². The summed E-state index contributed by atoms with van der Waals surface area (Å²) in [5.74, 6) is 1.18. The largest absolute Gasteiger partial charge is 0.281 e. The third-order valence-electron chi connectivity index (χ3n) is 1.86. The van der Waals surface area contributed by atoms with Crippen molar-refractivity contribution in [1.82, 2.24) is 19.6 Å². The third kappa shape index (κ3) is 1.50. The minimum absolute atomic E-state index is 0.301. The first-order valence-corrected chi connectivity index (χ1v) is 5.33. The van der Waals surface area contributed by atoms with Crippen LogP contribution in [0.15, 0.2) is 10.8 Å². The van der Waals surface area contributed by atoms with E-state index < -0.39 is 0 Å². The molecule has 14 heavy (non-hydrogen) atoms. The molecule has 6 heteroatoms. The lowest BCUT2D eigenvalue weighted by atomic mass is 10.2. The zero-order valence-corrected chi connectivity index (χ0v) is 10.0. The normalized spacial score (nSPS) is 11.5. The Balaban J connectivity index is 2.78. The molecule has 0 aromatic carbocycles. The first-order chi connectivity index (χ1) is 6.59. The van der Waals surface area contributed by atoms with E-state index in [4.69, 9.17) is 11.6 Å². The minimum atomic E-state index is 0.301. The fraction of sp³-hybridized carbons (Fsp3) is 0.375. The molecule has 2 aromatic heterocycles. The number of hydrogen-bond donors (Lipinski definition) is 0. The van der Waals surface area contributed by atoms with E-state index in [0.29, 0.717) is 21.3 Å². The zero-order chi connectivity index (χ0) is 10.3. The van der Waals surface area contributed by atoms with Crippen molar-refractivity contribution in [3.8, 4) is 0 Å². The Morgan fingerprint density at radius 2 is 2.14 bits per heavy atom. The molecule has 0 fully saturated rings. The molecule has 0 aliphatic heterocycles. The van der Waals surface area contributed by atoms with Gasteiger partial charge >= 0.3 is 0 Å². The molecule has 0 aliphatic carbocycles. The van der Waals surface area contributed by atoms with Crippen molar-refractivity contribution in [3.05, 3.63) is 21.8 Å². The maximum Gasteiger partial charge on any atom is 0.198 e. The second kappa shape index (κ2) is 3.47. The van der Waals surface area contributed by atoms with Crippen molar-refractivity contribution in [1.29, 1.82) is 0 Å². The summed E-state index contributed by atoms with van der Waals surface area (Å²) in [5.41, 5.74) is 0.596. The molecular weight excluding hydrogens is 267 g/mol. The van der Waals surface area contributed by atoms with Gasteiger partial charge in [-0.25, -0.2) is 4.98 Å². The van der Waals surface area contributed by atoms with Crippen LogP contribution in [0.25, 0.3) is 5.65 Å². The summed E-state index contributed by atoms with van der Waals surface area (Å²) in [6.45, 7) is 4.11. The van der Waals surface area contributed by atoms with Gasteiger partial charge in [0.05, 0.1) is 0 Å². The number of fused-ring (bicyclic) bond motifs is 1. The van der Waals surface area contributed by atoms with Crippen molar-refractivity contribution in [3.63, 3.8) is 0 Å². The van der Waals surface area contributed by atoms with Gasteiger partial charge in [-0.2, -0.15) is 0 Å². The maximum atomic E-state index is 5.92. The van der Waals surface area contributed by atoms with E-state index in [1.807, 2.05) is 10.6 Å². The molecular formula is C8H8BrClN4.